The van der Waals surface area contributed by atoms with Crippen LogP contribution in [0.2, 0.25) is 0 Å². The summed E-state index contributed by atoms with van der Waals surface area (Å²) < 4.78 is 49.1. The third-order valence-corrected chi connectivity index (χ3v) is 6.34. The van der Waals surface area contributed by atoms with E-state index in [-0.39, 0.29) is 12.6 Å². The lowest BCUT2D eigenvalue weighted by Crippen LogP contribution is -2.39. The molecule has 1 saturated heterocycles. The standard InChI is InChI=1S/C26H25F3N4O2/c1-16-14-32(15-30-16)23-6-5-17(11-24(23)34-2)10-18-4-3-8-33-22(7-9-35-31-26(18)33)19-12-20(27)25(29)21(28)13-19/h5-6,10-15,22H,3-4,7-9H2,1-2H3/t22-/m0/s1. The van der Waals surface area contributed by atoms with Crippen LogP contribution in [-0.4, -0.2) is 40.5 Å². The summed E-state index contributed by atoms with van der Waals surface area (Å²) in [6.07, 6.45) is 7.75. The Hall–Kier alpha value is -3.75. The number of benzene rings is 2. The van der Waals surface area contributed by atoms with Crippen LogP contribution in [0.25, 0.3) is 11.8 Å². The summed E-state index contributed by atoms with van der Waals surface area (Å²) in [6.45, 7) is 2.85. The average Bonchev–Trinajstić information content (AvgIpc) is 3.16. The lowest BCUT2D eigenvalue weighted by molar-refractivity contribution is 0.140. The monoisotopic (exact) mass is 482 g/mol. The van der Waals surface area contributed by atoms with Crippen molar-refractivity contribution in [2.45, 2.75) is 32.2 Å². The summed E-state index contributed by atoms with van der Waals surface area (Å²) >= 11 is 0. The zero-order chi connectivity index (χ0) is 24.5. The Bertz CT molecular complexity index is 1290. The number of oxime groups is 1. The van der Waals surface area contributed by atoms with E-state index in [1.165, 1.54) is 0 Å². The lowest BCUT2D eigenvalue weighted by Gasteiger charge is -2.36. The van der Waals surface area contributed by atoms with Gasteiger partial charge >= 0.3 is 0 Å². The second-order valence-corrected chi connectivity index (χ2v) is 8.67. The van der Waals surface area contributed by atoms with Crippen LogP contribution in [-0.2, 0) is 4.84 Å². The molecule has 3 heterocycles. The van der Waals surface area contributed by atoms with Crippen molar-refractivity contribution in [3.63, 3.8) is 0 Å². The van der Waals surface area contributed by atoms with E-state index in [4.69, 9.17) is 9.57 Å². The van der Waals surface area contributed by atoms with Crippen LogP contribution in [0.3, 0.4) is 0 Å². The number of ether oxygens (including phenoxy) is 1. The van der Waals surface area contributed by atoms with Gasteiger partial charge in [0.25, 0.3) is 0 Å². The van der Waals surface area contributed by atoms with Crippen molar-refractivity contribution in [1.29, 1.82) is 0 Å². The zero-order valence-electron chi connectivity index (χ0n) is 19.5. The van der Waals surface area contributed by atoms with Crippen molar-refractivity contribution in [2.24, 2.45) is 5.16 Å². The van der Waals surface area contributed by atoms with Crippen molar-refractivity contribution in [1.82, 2.24) is 14.5 Å². The molecule has 2 aromatic carbocycles. The van der Waals surface area contributed by atoms with Crippen LogP contribution in [0.15, 0.2) is 53.6 Å². The van der Waals surface area contributed by atoms with Crippen molar-refractivity contribution in [2.75, 3.05) is 20.3 Å². The van der Waals surface area contributed by atoms with E-state index in [0.717, 1.165) is 47.5 Å². The maximum atomic E-state index is 14.0. The Morgan fingerprint density at radius 3 is 2.66 bits per heavy atom. The predicted octanol–water partition coefficient (Wildman–Crippen LogP) is 5.56. The summed E-state index contributed by atoms with van der Waals surface area (Å²) in [4.78, 5) is 11.8. The molecule has 2 aliphatic rings. The number of rotatable bonds is 4. The molecule has 35 heavy (non-hydrogen) atoms. The fourth-order valence-electron chi connectivity index (χ4n) is 4.69. The van der Waals surface area contributed by atoms with Gasteiger partial charge in [-0.3, -0.25) is 0 Å². The fourth-order valence-corrected chi connectivity index (χ4v) is 4.69. The van der Waals surface area contributed by atoms with Gasteiger partial charge in [-0.15, -0.1) is 0 Å². The highest BCUT2D eigenvalue weighted by molar-refractivity contribution is 6.02. The quantitative estimate of drug-likeness (QED) is 0.457. The zero-order valence-corrected chi connectivity index (χ0v) is 19.5. The Labute approximate surface area is 201 Å². The van der Waals surface area contributed by atoms with Crippen molar-refractivity contribution in [3.8, 4) is 11.4 Å². The molecular formula is C26H25F3N4O2. The Kier molecular flexibility index (Phi) is 6.23. The van der Waals surface area contributed by atoms with Crippen LogP contribution in [0.1, 0.15) is 42.1 Å². The maximum absolute atomic E-state index is 14.0. The number of hydrogen-bond donors (Lipinski definition) is 0. The fraction of sp³-hybridized carbons (Fsp3) is 0.308. The van der Waals surface area contributed by atoms with Gasteiger partial charge in [-0.25, -0.2) is 18.2 Å². The number of methoxy groups -OCH3 is 1. The summed E-state index contributed by atoms with van der Waals surface area (Å²) in [6, 6.07) is 7.63. The van der Waals surface area contributed by atoms with Gasteiger partial charge in [0.1, 0.15) is 12.4 Å². The van der Waals surface area contributed by atoms with Gasteiger partial charge in [0.2, 0.25) is 0 Å². The summed E-state index contributed by atoms with van der Waals surface area (Å²) in [5.74, 6) is -2.54. The number of aryl methyl sites for hydroxylation is 1. The molecule has 0 bridgehead atoms. The van der Waals surface area contributed by atoms with Gasteiger partial charge in [0.15, 0.2) is 23.3 Å². The number of hydrogen-bond acceptors (Lipinski definition) is 5. The van der Waals surface area contributed by atoms with E-state index in [1.54, 1.807) is 13.4 Å². The van der Waals surface area contributed by atoms with E-state index in [0.29, 0.717) is 30.1 Å². The Morgan fingerprint density at radius 1 is 1.14 bits per heavy atom. The molecule has 0 aliphatic carbocycles. The first-order chi connectivity index (χ1) is 16.9. The van der Waals surface area contributed by atoms with Crippen LogP contribution in [0.4, 0.5) is 13.2 Å². The minimum Gasteiger partial charge on any atom is -0.495 e. The number of aromatic nitrogens is 2. The highest BCUT2D eigenvalue weighted by Crippen LogP contribution is 2.35. The predicted molar refractivity (Wildman–Crippen MR) is 126 cm³/mol. The molecular weight excluding hydrogens is 457 g/mol. The Balaban J connectivity index is 1.48. The molecule has 1 fully saturated rings. The molecule has 5 rings (SSSR count). The molecule has 0 radical (unpaired) electrons. The van der Waals surface area contributed by atoms with Crippen LogP contribution in [0.5, 0.6) is 5.75 Å². The van der Waals surface area contributed by atoms with Gasteiger partial charge in [0, 0.05) is 19.2 Å². The van der Waals surface area contributed by atoms with Gasteiger partial charge in [-0.2, -0.15) is 0 Å². The highest BCUT2D eigenvalue weighted by Gasteiger charge is 2.32. The van der Waals surface area contributed by atoms with Crippen molar-refractivity contribution in [3.05, 3.63) is 82.7 Å². The molecule has 0 unspecified atom stereocenters. The van der Waals surface area contributed by atoms with Gasteiger partial charge in [0.05, 0.1) is 30.9 Å². The first kappa shape index (κ1) is 23.0. The number of nitrogens with zero attached hydrogens (tertiary/aromatic N) is 4. The molecule has 182 valence electrons. The van der Waals surface area contributed by atoms with Crippen LogP contribution < -0.4 is 4.74 Å². The summed E-state index contributed by atoms with van der Waals surface area (Å²) in [5, 5.41) is 4.34. The minimum absolute atomic E-state index is 0.283. The number of imidazole rings is 1. The molecule has 6 nitrogen and oxygen atoms in total. The van der Waals surface area contributed by atoms with E-state index >= 15 is 0 Å². The minimum atomic E-state index is -1.46. The van der Waals surface area contributed by atoms with E-state index in [9.17, 15) is 13.2 Å². The number of piperidine rings is 1. The first-order valence-corrected chi connectivity index (χ1v) is 11.5. The molecule has 0 saturated carbocycles. The van der Waals surface area contributed by atoms with E-state index in [2.05, 4.69) is 10.1 Å². The van der Waals surface area contributed by atoms with Gasteiger partial charge in [-0.1, -0.05) is 11.2 Å². The van der Waals surface area contributed by atoms with Gasteiger partial charge < -0.3 is 19.0 Å². The van der Waals surface area contributed by atoms with Crippen molar-refractivity contribution < 1.29 is 22.7 Å². The summed E-state index contributed by atoms with van der Waals surface area (Å²) in [7, 11) is 1.62. The normalized spacial score (nSPS) is 19.1. The molecule has 1 aromatic heterocycles. The van der Waals surface area contributed by atoms with E-state index in [1.807, 2.05) is 46.9 Å². The van der Waals surface area contributed by atoms with Crippen LogP contribution >= 0.6 is 0 Å². The topological polar surface area (TPSA) is 51.9 Å². The average molecular weight is 483 g/mol. The van der Waals surface area contributed by atoms with Crippen molar-refractivity contribution >= 4 is 11.9 Å². The molecule has 3 aromatic rings. The number of halogens is 3. The second-order valence-electron chi connectivity index (χ2n) is 8.67. The molecule has 1 atom stereocenters. The summed E-state index contributed by atoms with van der Waals surface area (Å²) in [5.41, 5.74) is 4.00. The van der Waals surface area contributed by atoms with Gasteiger partial charge in [-0.05, 0) is 66.8 Å². The third kappa shape index (κ3) is 4.50. The smallest absolute Gasteiger partial charge is 0.194 e. The molecule has 2 aliphatic heterocycles. The molecule has 9 heteroatoms. The highest BCUT2D eigenvalue weighted by atomic mass is 19.2. The number of fused-ring (bicyclic) bond motifs is 1. The first-order valence-electron chi connectivity index (χ1n) is 11.5. The number of amidine groups is 1. The SMILES string of the molecule is COc1cc(C=C2CCCN3C2=NOCC[C@H]3c2cc(F)c(F)c(F)c2)ccc1-n1cnc(C)c1. The molecule has 0 spiro atoms. The largest absolute Gasteiger partial charge is 0.495 e. The Morgan fingerprint density at radius 2 is 1.94 bits per heavy atom. The molecule has 0 N–H and O–H groups in total. The maximum Gasteiger partial charge on any atom is 0.194 e. The molecule has 0 amide bonds. The third-order valence-electron chi connectivity index (χ3n) is 6.34. The van der Waals surface area contributed by atoms with Crippen LogP contribution in [0, 0.1) is 24.4 Å². The second kappa shape index (κ2) is 9.48. The lowest BCUT2D eigenvalue weighted by atomic mass is 9.95. The van der Waals surface area contributed by atoms with E-state index < -0.39 is 17.5 Å².